The number of hydrogen-bond donors (Lipinski definition) is 1. The summed E-state index contributed by atoms with van der Waals surface area (Å²) in [5.74, 6) is 0.0769. The Balaban J connectivity index is 0. The van der Waals surface area contributed by atoms with Crippen molar-refractivity contribution in [1.29, 1.82) is 0 Å². The van der Waals surface area contributed by atoms with Gasteiger partial charge >= 0.3 is 5.91 Å². The molecular formula is C25H47N2O4+. The van der Waals surface area contributed by atoms with Crippen molar-refractivity contribution >= 4 is 11.8 Å². The van der Waals surface area contributed by atoms with Crippen LogP contribution in [-0.2, 0) is 32.2 Å². The zero-order valence-corrected chi connectivity index (χ0v) is 21.4. The number of rotatable bonds is 12. The van der Waals surface area contributed by atoms with E-state index in [-0.39, 0.29) is 35.6 Å². The lowest BCUT2D eigenvalue weighted by molar-refractivity contribution is -0.837. The molecule has 1 aromatic rings. The van der Waals surface area contributed by atoms with Crippen LogP contribution in [0.1, 0.15) is 78.9 Å². The fraction of sp³-hybridized carbons (Fsp3) is 0.680. The van der Waals surface area contributed by atoms with Crippen molar-refractivity contribution in [1.82, 2.24) is 5.32 Å². The molecule has 0 radical (unpaired) electrons. The fourth-order valence-electron chi connectivity index (χ4n) is 2.47. The van der Waals surface area contributed by atoms with Crippen LogP contribution in [0.15, 0.2) is 24.3 Å². The summed E-state index contributed by atoms with van der Waals surface area (Å²) < 4.78 is 11.3. The summed E-state index contributed by atoms with van der Waals surface area (Å²) in [7, 11) is 3.67. The number of carbonyl (C=O) groups excluding carboxylic acids is 2. The molecule has 2 amide bonds. The number of hydrogen-bond acceptors (Lipinski definition) is 4. The monoisotopic (exact) mass is 439 g/mol. The fourth-order valence-corrected chi connectivity index (χ4v) is 2.47. The molecule has 1 N–H and O–H groups in total. The maximum Gasteiger partial charge on any atom is 0.315 e. The second-order valence-corrected chi connectivity index (χ2v) is 7.37. The van der Waals surface area contributed by atoms with Crippen LogP contribution in [0.2, 0.25) is 0 Å². The van der Waals surface area contributed by atoms with Crippen LogP contribution in [0.25, 0.3) is 0 Å². The van der Waals surface area contributed by atoms with Gasteiger partial charge in [-0.1, -0.05) is 58.9 Å². The largest absolute Gasteiger partial charge is 0.377 e. The molecule has 1 atom stereocenters. The Morgan fingerprint density at radius 3 is 2.06 bits per heavy atom. The van der Waals surface area contributed by atoms with Crippen molar-refractivity contribution in [3.8, 4) is 0 Å². The molecule has 0 heterocycles. The summed E-state index contributed by atoms with van der Waals surface area (Å²) in [6, 6.07) is 8.01. The average Bonchev–Trinajstić information content (AvgIpc) is 2.78. The number of amides is 2. The van der Waals surface area contributed by atoms with Crippen LogP contribution < -0.4 is 5.32 Å². The van der Waals surface area contributed by atoms with Crippen molar-refractivity contribution in [2.45, 2.75) is 87.0 Å². The average molecular weight is 440 g/mol. The molecular weight excluding hydrogens is 392 g/mol. The zero-order valence-electron chi connectivity index (χ0n) is 21.4. The highest BCUT2D eigenvalue weighted by Gasteiger charge is 2.26. The van der Waals surface area contributed by atoms with Crippen LogP contribution in [0.5, 0.6) is 0 Å². The van der Waals surface area contributed by atoms with E-state index in [1.165, 1.54) is 0 Å². The Bertz CT molecular complexity index is 586. The molecule has 0 bridgehead atoms. The topological polar surface area (TPSA) is 64.6 Å². The van der Waals surface area contributed by atoms with Crippen LogP contribution in [0, 0.1) is 0 Å². The first-order valence-electron chi connectivity index (χ1n) is 11.7. The third-order valence-corrected chi connectivity index (χ3v) is 4.28. The van der Waals surface area contributed by atoms with Crippen molar-refractivity contribution in [3.05, 3.63) is 35.4 Å². The molecule has 0 saturated heterocycles. The van der Waals surface area contributed by atoms with E-state index in [2.05, 4.69) is 5.32 Å². The van der Waals surface area contributed by atoms with Gasteiger partial charge < -0.3 is 14.8 Å². The first-order valence-corrected chi connectivity index (χ1v) is 11.7. The van der Waals surface area contributed by atoms with Gasteiger partial charge in [0.1, 0.15) is 0 Å². The maximum absolute atomic E-state index is 12.1. The predicted octanol–water partition coefficient (Wildman–Crippen LogP) is 5.05. The second kappa shape index (κ2) is 19.0. The Morgan fingerprint density at radius 2 is 1.55 bits per heavy atom. The molecule has 0 saturated carbocycles. The van der Waals surface area contributed by atoms with E-state index in [0.29, 0.717) is 26.2 Å². The number of quaternary nitrogens is 1. The van der Waals surface area contributed by atoms with Gasteiger partial charge in [-0.05, 0) is 31.4 Å². The van der Waals surface area contributed by atoms with Gasteiger partial charge in [0.25, 0.3) is 0 Å². The summed E-state index contributed by atoms with van der Waals surface area (Å²) in [6.45, 7) is 15.9. The normalized spacial score (nSPS) is 11.4. The molecule has 1 rings (SSSR count). The molecule has 0 fully saturated rings. The summed E-state index contributed by atoms with van der Waals surface area (Å²) >= 11 is 0. The second-order valence-electron chi connectivity index (χ2n) is 7.37. The summed E-state index contributed by atoms with van der Waals surface area (Å²) in [5.41, 5.74) is 2.16. The van der Waals surface area contributed by atoms with Crippen LogP contribution in [0.4, 0.5) is 0 Å². The Hall–Kier alpha value is -1.76. The first-order chi connectivity index (χ1) is 14.8. The maximum atomic E-state index is 12.1. The van der Waals surface area contributed by atoms with Gasteiger partial charge in [0.05, 0.1) is 39.6 Å². The third-order valence-electron chi connectivity index (χ3n) is 4.28. The summed E-state index contributed by atoms with van der Waals surface area (Å²) in [6.07, 6.45) is 1.38. The summed E-state index contributed by atoms with van der Waals surface area (Å²) in [5, 5.41) is 2.91. The number of nitrogens with one attached hydrogen (secondary N) is 1. The van der Waals surface area contributed by atoms with Gasteiger partial charge in [-0.3, -0.25) is 4.79 Å². The highest BCUT2D eigenvalue weighted by Crippen LogP contribution is 2.09. The Morgan fingerprint density at radius 1 is 1.00 bits per heavy atom. The quantitative estimate of drug-likeness (QED) is 0.366. The third kappa shape index (κ3) is 14.8. The lowest BCUT2D eigenvalue weighted by Crippen LogP contribution is -2.47. The van der Waals surface area contributed by atoms with E-state index in [1.54, 1.807) is 0 Å². The number of nitrogens with zero attached hydrogens (tertiary/aromatic N) is 1. The SMILES string of the molecule is CC.CC.CCCC(=O)[N+](C)(C)COC(C)CC(=O)NCc1ccc(COCC)cc1. The molecule has 180 valence electrons. The molecule has 0 aliphatic carbocycles. The van der Waals surface area contributed by atoms with Gasteiger partial charge in [-0.25, -0.2) is 9.28 Å². The van der Waals surface area contributed by atoms with Crippen molar-refractivity contribution in [3.63, 3.8) is 0 Å². The lowest BCUT2D eigenvalue weighted by atomic mass is 10.1. The van der Waals surface area contributed by atoms with Crippen molar-refractivity contribution < 1.29 is 23.5 Å². The highest BCUT2D eigenvalue weighted by atomic mass is 16.5. The van der Waals surface area contributed by atoms with Crippen molar-refractivity contribution in [2.24, 2.45) is 0 Å². The molecule has 0 aliphatic rings. The minimum atomic E-state index is -0.245. The highest BCUT2D eigenvalue weighted by molar-refractivity contribution is 5.76. The van der Waals surface area contributed by atoms with Crippen LogP contribution in [0.3, 0.4) is 0 Å². The predicted molar refractivity (Wildman–Crippen MR) is 128 cm³/mol. The van der Waals surface area contributed by atoms with E-state index < -0.39 is 0 Å². The molecule has 0 spiro atoms. The number of carbonyl (C=O) groups is 2. The van der Waals surface area contributed by atoms with E-state index in [9.17, 15) is 9.59 Å². The standard InChI is InChI=1S/C21H34N2O4.2C2H6/c1-6-8-21(25)23(4,5)16-27-17(3)13-20(24)22-14-18-9-11-19(12-10-18)15-26-7-2;2*1-2/h9-12,17H,6-8,13-16H2,1-5H3;2*1-2H3/p+1. The van der Waals surface area contributed by atoms with Gasteiger partial charge in [-0.15, -0.1) is 0 Å². The van der Waals surface area contributed by atoms with Crippen LogP contribution >= 0.6 is 0 Å². The smallest absolute Gasteiger partial charge is 0.315 e. The van der Waals surface area contributed by atoms with E-state index in [4.69, 9.17) is 9.47 Å². The van der Waals surface area contributed by atoms with Gasteiger partial charge in [0.15, 0.2) is 6.73 Å². The van der Waals surface area contributed by atoms with Gasteiger partial charge in [0.2, 0.25) is 5.91 Å². The van der Waals surface area contributed by atoms with E-state index in [1.807, 2.05) is 86.8 Å². The Labute approximate surface area is 190 Å². The first kappa shape index (κ1) is 31.4. The molecule has 1 aromatic carbocycles. The summed E-state index contributed by atoms with van der Waals surface area (Å²) in [4.78, 5) is 24.2. The Kier molecular flexibility index (Phi) is 19.2. The van der Waals surface area contributed by atoms with E-state index in [0.717, 1.165) is 17.5 Å². The van der Waals surface area contributed by atoms with E-state index >= 15 is 0 Å². The molecule has 6 heteroatoms. The van der Waals surface area contributed by atoms with Crippen LogP contribution in [-0.4, -0.2) is 49.8 Å². The lowest BCUT2D eigenvalue weighted by Gasteiger charge is -2.27. The molecule has 6 nitrogen and oxygen atoms in total. The molecule has 31 heavy (non-hydrogen) atoms. The van der Waals surface area contributed by atoms with Crippen molar-refractivity contribution in [2.75, 3.05) is 27.4 Å². The molecule has 0 aliphatic heterocycles. The minimum Gasteiger partial charge on any atom is -0.377 e. The molecule has 1 unspecified atom stereocenters. The van der Waals surface area contributed by atoms with Gasteiger partial charge in [-0.2, -0.15) is 0 Å². The zero-order chi connectivity index (χ0) is 24.3. The minimum absolute atomic E-state index is 0.0638. The number of benzene rings is 1. The molecule has 0 aromatic heterocycles. The number of ether oxygens (including phenoxy) is 2. The van der Waals surface area contributed by atoms with Gasteiger partial charge in [0, 0.05) is 13.2 Å².